The molecule has 1 fully saturated rings. The Balaban J connectivity index is 1.89. The molecule has 3 rings (SSSR count). The first-order chi connectivity index (χ1) is 12.2. The number of nitrogens with zero attached hydrogens (tertiary/aromatic N) is 1. The number of aromatic amines is 1. The third kappa shape index (κ3) is 3.53. The van der Waals surface area contributed by atoms with Gasteiger partial charge < -0.3 is 25.1 Å². The van der Waals surface area contributed by atoms with Crippen LogP contribution < -0.4 is 10.5 Å². The summed E-state index contributed by atoms with van der Waals surface area (Å²) in [6, 6.07) is 6.62. The summed E-state index contributed by atoms with van der Waals surface area (Å²) < 4.78 is 11.3. The van der Waals surface area contributed by atoms with Crippen molar-refractivity contribution in [1.82, 2.24) is 9.88 Å². The summed E-state index contributed by atoms with van der Waals surface area (Å²) in [5, 5.41) is 0.815. The van der Waals surface area contributed by atoms with E-state index in [0.29, 0.717) is 24.4 Å². The van der Waals surface area contributed by atoms with Gasteiger partial charge in [-0.25, -0.2) is 0 Å². The number of aromatic nitrogens is 1. The molecule has 140 valence electrons. The molecular formula is C19H25N3O4. The number of hydrogen-bond donors (Lipinski definition) is 2. The number of nitrogens with one attached hydrogen (secondary N) is 1. The van der Waals surface area contributed by atoms with Crippen molar-refractivity contribution in [2.45, 2.75) is 44.9 Å². The number of nitrogens with two attached hydrogens (primary N) is 1. The van der Waals surface area contributed by atoms with Gasteiger partial charge in [-0.15, -0.1) is 0 Å². The van der Waals surface area contributed by atoms with Crippen LogP contribution in [0.15, 0.2) is 24.3 Å². The second kappa shape index (κ2) is 6.64. The Morgan fingerprint density at radius 1 is 1.31 bits per heavy atom. The second-order valence-corrected chi connectivity index (χ2v) is 7.57. The number of benzene rings is 1. The van der Waals surface area contributed by atoms with Gasteiger partial charge in [0.05, 0.1) is 18.8 Å². The van der Waals surface area contributed by atoms with E-state index in [1.54, 1.807) is 13.2 Å². The first-order valence-electron chi connectivity index (χ1n) is 8.63. The van der Waals surface area contributed by atoms with Gasteiger partial charge in [-0.05, 0) is 39.0 Å². The second-order valence-electron chi connectivity index (χ2n) is 7.57. The fourth-order valence-corrected chi connectivity index (χ4v) is 3.45. The van der Waals surface area contributed by atoms with E-state index in [1.165, 1.54) is 4.90 Å². The molecule has 1 aromatic carbocycles. The molecule has 26 heavy (non-hydrogen) atoms. The Hall–Kier alpha value is -2.54. The number of fused-ring (bicyclic) bond motifs is 1. The van der Waals surface area contributed by atoms with Crippen LogP contribution in [0, 0.1) is 0 Å². The smallest absolute Gasteiger partial charge is 0.271 e. The maximum absolute atomic E-state index is 13.0. The topological polar surface area (TPSA) is 97.7 Å². The fraction of sp³-hybridized carbons (Fsp3) is 0.474. The van der Waals surface area contributed by atoms with Gasteiger partial charge in [0.1, 0.15) is 17.5 Å². The van der Waals surface area contributed by atoms with Crippen LogP contribution >= 0.6 is 0 Å². The fourth-order valence-electron chi connectivity index (χ4n) is 3.45. The average molecular weight is 359 g/mol. The minimum absolute atomic E-state index is 0.227. The molecule has 0 saturated carbocycles. The highest BCUT2D eigenvalue weighted by molar-refractivity contribution is 6.01. The zero-order valence-corrected chi connectivity index (χ0v) is 15.5. The summed E-state index contributed by atoms with van der Waals surface area (Å²) in [6.45, 7) is 6.17. The van der Waals surface area contributed by atoms with Crippen molar-refractivity contribution in [3.63, 3.8) is 0 Å². The molecule has 2 heterocycles. The summed E-state index contributed by atoms with van der Waals surface area (Å²) in [7, 11) is 1.58. The molecule has 1 aliphatic rings. The van der Waals surface area contributed by atoms with E-state index in [0.717, 1.165) is 10.9 Å². The standard InChI is InChI=1S/C19H25N3O4/c1-19(2,3)26-11-8-15(17(20)23)22(10-11)18(24)14-9-12-13(21-14)6-5-7-16(12)25-4/h5-7,9,11,15,21H,8,10H2,1-4H3,(H2,20,23)/t11-,15+/m1/s1. The monoisotopic (exact) mass is 359 g/mol. The van der Waals surface area contributed by atoms with Gasteiger partial charge in [0.25, 0.3) is 5.91 Å². The minimum atomic E-state index is -0.678. The highest BCUT2D eigenvalue weighted by Gasteiger charge is 2.41. The lowest BCUT2D eigenvalue weighted by Crippen LogP contribution is -2.43. The van der Waals surface area contributed by atoms with Crippen LogP contribution in [0.4, 0.5) is 0 Å². The Bertz CT molecular complexity index is 837. The number of hydrogen-bond acceptors (Lipinski definition) is 4. The van der Waals surface area contributed by atoms with Crippen LogP contribution in [0.3, 0.4) is 0 Å². The van der Waals surface area contributed by atoms with Crippen molar-refractivity contribution in [3.8, 4) is 5.75 Å². The zero-order chi connectivity index (χ0) is 19.1. The summed E-state index contributed by atoms with van der Waals surface area (Å²) in [6.07, 6.45) is 0.178. The predicted octanol–water partition coefficient (Wildman–Crippen LogP) is 2.06. The maximum Gasteiger partial charge on any atom is 0.271 e. The molecule has 0 bridgehead atoms. The lowest BCUT2D eigenvalue weighted by molar-refractivity contribution is -0.121. The first kappa shape index (κ1) is 18.3. The Morgan fingerprint density at radius 2 is 2.04 bits per heavy atom. The molecule has 1 aliphatic heterocycles. The summed E-state index contributed by atoms with van der Waals surface area (Å²) in [5.74, 6) is -0.112. The zero-order valence-electron chi connectivity index (χ0n) is 15.5. The molecule has 1 aromatic heterocycles. The number of carbonyl (C=O) groups excluding carboxylic acids is 2. The van der Waals surface area contributed by atoms with E-state index in [9.17, 15) is 9.59 Å². The van der Waals surface area contributed by atoms with Crippen molar-refractivity contribution in [3.05, 3.63) is 30.0 Å². The first-order valence-corrected chi connectivity index (χ1v) is 8.63. The molecule has 0 radical (unpaired) electrons. The lowest BCUT2D eigenvalue weighted by atomic mass is 10.1. The Labute approximate surface area is 152 Å². The average Bonchev–Trinajstić information content (AvgIpc) is 3.16. The third-order valence-corrected chi connectivity index (χ3v) is 4.45. The van der Waals surface area contributed by atoms with E-state index in [4.69, 9.17) is 15.2 Å². The van der Waals surface area contributed by atoms with E-state index < -0.39 is 11.9 Å². The van der Waals surface area contributed by atoms with Crippen LogP contribution in [-0.4, -0.2) is 53.1 Å². The summed E-state index contributed by atoms with van der Waals surface area (Å²) in [4.78, 5) is 29.5. The molecule has 7 heteroatoms. The van der Waals surface area contributed by atoms with Crippen LogP contribution in [0.25, 0.3) is 10.9 Å². The number of methoxy groups -OCH3 is 1. The van der Waals surface area contributed by atoms with Gasteiger partial charge in [-0.1, -0.05) is 6.07 Å². The van der Waals surface area contributed by atoms with E-state index >= 15 is 0 Å². The van der Waals surface area contributed by atoms with Gasteiger partial charge in [0, 0.05) is 23.9 Å². The molecule has 2 atom stereocenters. The molecule has 1 saturated heterocycles. The Kier molecular flexibility index (Phi) is 4.66. The van der Waals surface area contributed by atoms with Crippen LogP contribution in [-0.2, 0) is 9.53 Å². The quantitative estimate of drug-likeness (QED) is 0.873. The van der Waals surface area contributed by atoms with Crippen molar-refractivity contribution in [2.75, 3.05) is 13.7 Å². The molecule has 0 spiro atoms. The van der Waals surface area contributed by atoms with Gasteiger partial charge in [-0.3, -0.25) is 9.59 Å². The van der Waals surface area contributed by atoms with Gasteiger partial charge in [-0.2, -0.15) is 0 Å². The molecule has 0 aliphatic carbocycles. The third-order valence-electron chi connectivity index (χ3n) is 4.45. The lowest BCUT2D eigenvalue weighted by Gasteiger charge is -2.25. The van der Waals surface area contributed by atoms with Gasteiger partial charge in [0.2, 0.25) is 5.91 Å². The molecule has 3 N–H and O–H groups in total. The number of ether oxygens (including phenoxy) is 2. The summed E-state index contributed by atoms with van der Waals surface area (Å²) >= 11 is 0. The minimum Gasteiger partial charge on any atom is -0.496 e. The van der Waals surface area contributed by atoms with Crippen molar-refractivity contribution in [2.24, 2.45) is 5.73 Å². The van der Waals surface area contributed by atoms with Crippen LogP contribution in [0.2, 0.25) is 0 Å². The van der Waals surface area contributed by atoms with Gasteiger partial charge >= 0.3 is 0 Å². The molecule has 2 amide bonds. The molecule has 2 aromatic rings. The van der Waals surface area contributed by atoms with Crippen LogP contribution in [0.5, 0.6) is 5.75 Å². The highest BCUT2D eigenvalue weighted by atomic mass is 16.5. The molecular weight excluding hydrogens is 334 g/mol. The van der Waals surface area contributed by atoms with Crippen molar-refractivity contribution < 1.29 is 19.1 Å². The number of likely N-dealkylation sites (tertiary alicyclic amines) is 1. The van der Waals surface area contributed by atoms with E-state index in [-0.39, 0.29) is 17.6 Å². The van der Waals surface area contributed by atoms with E-state index in [1.807, 2.05) is 39.0 Å². The van der Waals surface area contributed by atoms with Crippen molar-refractivity contribution in [1.29, 1.82) is 0 Å². The predicted molar refractivity (Wildman–Crippen MR) is 98.1 cm³/mol. The highest BCUT2D eigenvalue weighted by Crippen LogP contribution is 2.29. The number of primary amides is 1. The number of H-pyrrole nitrogens is 1. The largest absolute Gasteiger partial charge is 0.496 e. The van der Waals surface area contributed by atoms with Crippen LogP contribution in [0.1, 0.15) is 37.7 Å². The summed E-state index contributed by atoms with van der Waals surface area (Å²) in [5.41, 5.74) is 6.36. The Morgan fingerprint density at radius 3 is 2.65 bits per heavy atom. The SMILES string of the molecule is COc1cccc2[nH]c(C(=O)N3C[C@H](OC(C)(C)C)C[C@H]3C(N)=O)cc12. The number of amides is 2. The van der Waals surface area contributed by atoms with Gasteiger partial charge in [0.15, 0.2) is 0 Å². The normalized spacial score (nSPS) is 20.5. The number of carbonyl (C=O) groups is 2. The number of rotatable bonds is 4. The maximum atomic E-state index is 13.0. The van der Waals surface area contributed by atoms with E-state index in [2.05, 4.69) is 4.98 Å². The molecule has 7 nitrogen and oxygen atoms in total. The van der Waals surface area contributed by atoms with Crippen molar-refractivity contribution >= 4 is 22.7 Å². The molecule has 0 unspecified atom stereocenters.